The summed E-state index contributed by atoms with van der Waals surface area (Å²) in [6.07, 6.45) is 12.1. The second kappa shape index (κ2) is 18.9. The molecule has 0 aliphatic carbocycles. The Bertz CT molecular complexity index is 3160. The van der Waals surface area contributed by atoms with E-state index in [1.165, 1.54) is 12.1 Å². The summed E-state index contributed by atoms with van der Waals surface area (Å²) < 4.78 is 56.2. The van der Waals surface area contributed by atoms with E-state index in [-0.39, 0.29) is 30.0 Å². The van der Waals surface area contributed by atoms with Crippen molar-refractivity contribution in [1.29, 1.82) is 0 Å². The minimum Gasteiger partial charge on any atom is -0.493 e. The molecule has 0 bridgehead atoms. The Morgan fingerprint density at radius 3 is 1.71 bits per heavy atom. The second-order valence-corrected chi connectivity index (χ2v) is 18.8. The molecule has 0 unspecified atom stereocenters. The van der Waals surface area contributed by atoms with Gasteiger partial charge in [-0.3, -0.25) is 19.3 Å². The Morgan fingerprint density at radius 2 is 1.18 bits per heavy atom. The minimum atomic E-state index is -0.323. The number of pyridine rings is 4. The Labute approximate surface area is 402 Å². The maximum atomic E-state index is 14.5. The summed E-state index contributed by atoms with van der Waals surface area (Å²) in [5, 5.41) is 19.1. The molecule has 350 valence electrons. The molecule has 1 fully saturated rings. The van der Waals surface area contributed by atoms with Crippen molar-refractivity contribution in [1.82, 2.24) is 39.5 Å². The van der Waals surface area contributed by atoms with E-state index in [0.29, 0.717) is 49.1 Å². The zero-order valence-corrected chi connectivity index (χ0v) is 40.8. The molecule has 68 heavy (non-hydrogen) atoms. The van der Waals surface area contributed by atoms with Gasteiger partial charge in [0.15, 0.2) is 0 Å². The lowest BCUT2D eigenvalue weighted by atomic mass is 9.84. The van der Waals surface area contributed by atoms with Crippen LogP contribution in [0.15, 0.2) is 90.2 Å². The fourth-order valence-electron chi connectivity index (χ4n) is 8.66. The number of nitrogens with one attached hydrogen (secondary N) is 2. The molecule has 6 aromatic heterocycles. The Morgan fingerprint density at radius 1 is 0.662 bits per heavy atom. The number of rotatable bonds is 8. The number of nitrogens with zero attached hydrogens (tertiary/aromatic N) is 8. The Balaban J connectivity index is 0.000000133. The third kappa shape index (κ3) is 9.24. The highest BCUT2D eigenvalue weighted by molar-refractivity contribution is 9.10. The number of aromatic nitrogens is 8. The van der Waals surface area contributed by atoms with E-state index in [1.54, 1.807) is 43.1 Å². The van der Waals surface area contributed by atoms with E-state index >= 15 is 0 Å². The highest BCUT2D eigenvalue weighted by Gasteiger charge is 2.52. The molecule has 0 spiro atoms. The van der Waals surface area contributed by atoms with Gasteiger partial charge in [-0.05, 0) is 111 Å². The van der Waals surface area contributed by atoms with Crippen LogP contribution in [0.1, 0.15) is 61.3 Å². The van der Waals surface area contributed by atoms with Gasteiger partial charge in [-0.15, -0.1) is 0 Å². The van der Waals surface area contributed by atoms with Crippen LogP contribution in [0.5, 0.6) is 11.5 Å². The average Bonchev–Trinajstić information content (AvgIpc) is 4.16. The second-order valence-electron chi connectivity index (χ2n) is 17.9. The summed E-state index contributed by atoms with van der Waals surface area (Å²) in [5.74, 6) is 2.45. The average molecular weight is 986 g/mol. The normalized spacial score (nSPS) is 15.2. The molecule has 1 saturated heterocycles. The third-order valence-corrected chi connectivity index (χ3v) is 13.5. The number of ether oxygens (including phenoxy) is 2. The molecule has 0 radical (unpaired) electrons. The first kappa shape index (κ1) is 46.6. The van der Waals surface area contributed by atoms with Gasteiger partial charge in [0.1, 0.15) is 34.8 Å². The van der Waals surface area contributed by atoms with Gasteiger partial charge in [-0.1, -0.05) is 0 Å². The van der Waals surface area contributed by atoms with Crippen molar-refractivity contribution in [3.8, 4) is 22.8 Å². The van der Waals surface area contributed by atoms with Gasteiger partial charge in [0.05, 0.1) is 47.1 Å². The Kier molecular flexibility index (Phi) is 12.9. The number of benzene rings is 2. The standard InChI is InChI=1S/C22H20FN5O.C17H13BrFN3O.C11H19BN2O2/c1-13-9-20(28(2)27-13)17-12-26-22(18-10-24-7-5-14(17)18)25-11-16-15-6-8-29-21(15)4-3-19(16)23;18-14-9-22-17(13-7-20-5-3-10(13)14)21-8-12-11-4-6-23-16(11)2-1-15(12)19;1-8-7-9(14(6)13-8)12-15-10(2,3)11(4,5)16-12/h3-5,7,9-10,12H,6,8,11H2,1-2H3,(H,25,26);1-3,5,7,9H,4,6,8H2,(H,21,22);7H,1-6H3. The molecule has 8 aromatic rings. The van der Waals surface area contributed by atoms with Crippen LogP contribution in [0.25, 0.3) is 32.8 Å². The van der Waals surface area contributed by atoms with E-state index in [1.807, 2.05) is 67.8 Å². The summed E-state index contributed by atoms with van der Waals surface area (Å²) in [4.78, 5) is 17.4. The zero-order chi connectivity index (χ0) is 47.9. The number of halogens is 3. The number of aryl methyl sites for hydroxylation is 4. The van der Waals surface area contributed by atoms with Crippen LogP contribution in [-0.2, 0) is 49.3 Å². The predicted octanol–water partition coefficient (Wildman–Crippen LogP) is 9.13. The molecular formula is C50H52BBrF2N10O4. The van der Waals surface area contributed by atoms with Crippen molar-refractivity contribution in [2.45, 2.75) is 78.7 Å². The summed E-state index contributed by atoms with van der Waals surface area (Å²) in [6, 6.07) is 14.2. The zero-order valence-electron chi connectivity index (χ0n) is 39.2. The molecule has 0 atom stereocenters. The highest BCUT2D eigenvalue weighted by Crippen LogP contribution is 2.37. The van der Waals surface area contributed by atoms with Crippen molar-refractivity contribution in [3.05, 3.63) is 135 Å². The molecule has 9 heterocycles. The van der Waals surface area contributed by atoms with Gasteiger partial charge < -0.3 is 29.4 Å². The molecule has 2 aromatic carbocycles. The van der Waals surface area contributed by atoms with Gasteiger partial charge in [0.25, 0.3) is 0 Å². The van der Waals surface area contributed by atoms with E-state index in [9.17, 15) is 8.78 Å². The van der Waals surface area contributed by atoms with Crippen molar-refractivity contribution in [2.75, 3.05) is 23.8 Å². The maximum Gasteiger partial charge on any atom is 0.514 e. The van der Waals surface area contributed by atoms with Crippen LogP contribution in [0.2, 0.25) is 0 Å². The molecule has 11 rings (SSSR count). The first-order chi connectivity index (χ1) is 32.6. The number of anilines is 2. The van der Waals surface area contributed by atoms with E-state index in [0.717, 1.165) is 89.7 Å². The number of fused-ring (bicyclic) bond motifs is 4. The highest BCUT2D eigenvalue weighted by atomic mass is 79.9. The van der Waals surface area contributed by atoms with Crippen LogP contribution in [0.3, 0.4) is 0 Å². The molecular weight excluding hydrogens is 933 g/mol. The van der Waals surface area contributed by atoms with Gasteiger partial charge in [0, 0.05) is 126 Å². The first-order valence-electron chi connectivity index (χ1n) is 22.4. The summed E-state index contributed by atoms with van der Waals surface area (Å²) >= 11 is 3.48. The fraction of sp³-hybridized carbons (Fsp3) is 0.320. The SMILES string of the molecule is Cc1cc(-c2cnc(NCc3c(F)ccc4c3CCO4)c3cnccc23)n(C)n1.Cc1cc(B2OC(C)(C)C(C)(C)O2)n(C)n1.Fc1ccc2c(c1CNc1ncc(Br)c3ccncc13)CCO2. The van der Waals surface area contributed by atoms with E-state index in [4.69, 9.17) is 18.8 Å². The molecule has 2 N–H and O–H groups in total. The van der Waals surface area contributed by atoms with Crippen LogP contribution < -0.4 is 25.7 Å². The van der Waals surface area contributed by atoms with Crippen molar-refractivity contribution >= 4 is 61.8 Å². The molecule has 0 saturated carbocycles. The third-order valence-electron chi connectivity index (χ3n) is 12.9. The smallest absolute Gasteiger partial charge is 0.493 e. The van der Waals surface area contributed by atoms with Crippen LogP contribution in [-0.4, -0.2) is 71.0 Å². The summed E-state index contributed by atoms with van der Waals surface area (Å²) in [7, 11) is 3.51. The molecule has 18 heteroatoms. The molecule has 3 aliphatic rings. The molecule has 14 nitrogen and oxygen atoms in total. The number of hydrogen-bond acceptors (Lipinski definition) is 12. The summed E-state index contributed by atoms with van der Waals surface area (Å²) in [6.45, 7) is 14.0. The van der Waals surface area contributed by atoms with Gasteiger partial charge in [-0.25, -0.2) is 18.7 Å². The van der Waals surface area contributed by atoms with E-state index < -0.39 is 0 Å². The lowest BCUT2D eigenvalue weighted by Crippen LogP contribution is -2.41. The number of hydrogen-bond donors (Lipinski definition) is 2. The monoisotopic (exact) mass is 984 g/mol. The van der Waals surface area contributed by atoms with Crippen molar-refractivity contribution in [2.24, 2.45) is 14.1 Å². The lowest BCUT2D eigenvalue weighted by molar-refractivity contribution is 0.00578. The fourth-order valence-corrected chi connectivity index (χ4v) is 9.11. The minimum absolute atomic E-state index is 0.221. The van der Waals surface area contributed by atoms with Crippen molar-refractivity contribution < 1.29 is 27.6 Å². The van der Waals surface area contributed by atoms with E-state index in [2.05, 4.69) is 84.4 Å². The quantitative estimate of drug-likeness (QED) is 0.140. The molecule has 3 aliphatic heterocycles. The van der Waals surface area contributed by atoms with Crippen molar-refractivity contribution in [3.63, 3.8) is 0 Å². The van der Waals surface area contributed by atoms with Gasteiger partial charge in [-0.2, -0.15) is 10.2 Å². The van der Waals surface area contributed by atoms with Gasteiger partial charge >= 0.3 is 7.12 Å². The predicted molar refractivity (Wildman–Crippen MR) is 263 cm³/mol. The van der Waals surface area contributed by atoms with Crippen LogP contribution in [0.4, 0.5) is 20.4 Å². The van der Waals surface area contributed by atoms with Crippen LogP contribution in [0, 0.1) is 25.5 Å². The first-order valence-corrected chi connectivity index (χ1v) is 23.2. The topological polar surface area (TPSA) is 148 Å². The van der Waals surface area contributed by atoms with Gasteiger partial charge in [0.2, 0.25) is 0 Å². The Hall–Kier alpha value is -6.50. The lowest BCUT2D eigenvalue weighted by Gasteiger charge is -2.32. The van der Waals surface area contributed by atoms with Crippen LogP contribution >= 0.6 is 15.9 Å². The molecule has 0 amide bonds. The summed E-state index contributed by atoms with van der Waals surface area (Å²) in [5.41, 5.74) is 7.42. The largest absolute Gasteiger partial charge is 0.514 e. The maximum absolute atomic E-state index is 14.5.